The molecule has 138 valence electrons. The fourth-order valence-electron chi connectivity index (χ4n) is 3.06. The summed E-state index contributed by atoms with van der Waals surface area (Å²) in [6.07, 6.45) is 2.31. The van der Waals surface area contributed by atoms with Gasteiger partial charge in [0.05, 0.1) is 14.2 Å². The number of rotatable bonds is 5. The summed E-state index contributed by atoms with van der Waals surface area (Å²) in [5, 5.41) is 2.85. The lowest BCUT2D eigenvalue weighted by Gasteiger charge is -2.30. The van der Waals surface area contributed by atoms with Crippen molar-refractivity contribution in [1.82, 2.24) is 15.3 Å². The highest BCUT2D eigenvalue weighted by Crippen LogP contribution is 2.34. The van der Waals surface area contributed by atoms with Gasteiger partial charge >= 0.3 is 0 Å². The lowest BCUT2D eigenvalue weighted by atomic mass is 9.99. The fourth-order valence-corrected chi connectivity index (χ4v) is 3.06. The molecular formula is C19H24N4O3. The van der Waals surface area contributed by atoms with Gasteiger partial charge in [0.2, 0.25) is 0 Å². The molecule has 1 amide bonds. The number of ether oxygens (including phenoxy) is 2. The van der Waals surface area contributed by atoms with Crippen molar-refractivity contribution >= 4 is 11.7 Å². The van der Waals surface area contributed by atoms with Gasteiger partial charge in [-0.25, -0.2) is 9.97 Å². The van der Waals surface area contributed by atoms with Gasteiger partial charge in [-0.15, -0.1) is 0 Å². The molecule has 0 unspecified atom stereocenters. The van der Waals surface area contributed by atoms with E-state index in [4.69, 9.17) is 9.47 Å². The van der Waals surface area contributed by atoms with Crippen LogP contribution < -0.4 is 19.7 Å². The average Bonchev–Trinajstić information content (AvgIpc) is 2.65. The van der Waals surface area contributed by atoms with Gasteiger partial charge in [-0.05, 0) is 43.5 Å². The molecule has 1 aromatic carbocycles. The predicted molar refractivity (Wildman–Crippen MR) is 98.9 cm³/mol. The summed E-state index contributed by atoms with van der Waals surface area (Å²) < 4.78 is 10.8. The summed E-state index contributed by atoms with van der Waals surface area (Å²) in [4.78, 5) is 22.8. The second-order valence-electron chi connectivity index (χ2n) is 6.54. The van der Waals surface area contributed by atoms with Crippen LogP contribution >= 0.6 is 0 Å². The summed E-state index contributed by atoms with van der Waals surface area (Å²) in [7, 11) is 3.28. The van der Waals surface area contributed by atoms with Crippen LogP contribution in [0.5, 0.6) is 11.5 Å². The molecule has 7 nitrogen and oxygen atoms in total. The van der Waals surface area contributed by atoms with Crippen LogP contribution in [-0.4, -0.2) is 42.7 Å². The van der Waals surface area contributed by atoms with Gasteiger partial charge in [-0.3, -0.25) is 4.79 Å². The highest BCUT2D eigenvalue weighted by atomic mass is 16.5. The molecule has 0 aliphatic carbocycles. The number of hydrogen-bond acceptors (Lipinski definition) is 6. The summed E-state index contributed by atoms with van der Waals surface area (Å²) in [6.45, 7) is 5.34. The van der Waals surface area contributed by atoms with E-state index in [1.165, 1.54) is 17.5 Å². The first kappa shape index (κ1) is 18.0. The third-order valence-corrected chi connectivity index (χ3v) is 4.35. The van der Waals surface area contributed by atoms with E-state index in [1.807, 2.05) is 26.0 Å². The largest absolute Gasteiger partial charge is 0.493 e. The van der Waals surface area contributed by atoms with Crippen molar-refractivity contribution in [3.05, 3.63) is 41.3 Å². The van der Waals surface area contributed by atoms with Crippen LogP contribution in [0.2, 0.25) is 0 Å². The van der Waals surface area contributed by atoms with Crippen LogP contribution in [0.15, 0.2) is 24.5 Å². The highest BCUT2D eigenvalue weighted by Gasteiger charge is 2.21. The number of amides is 1. The minimum atomic E-state index is -0.188. The summed E-state index contributed by atoms with van der Waals surface area (Å²) >= 11 is 0. The van der Waals surface area contributed by atoms with Crippen LogP contribution in [0.4, 0.5) is 5.82 Å². The zero-order chi connectivity index (χ0) is 18.7. The molecule has 0 saturated heterocycles. The van der Waals surface area contributed by atoms with Gasteiger partial charge < -0.3 is 19.7 Å². The third kappa shape index (κ3) is 3.71. The second-order valence-corrected chi connectivity index (χ2v) is 6.54. The number of carbonyl (C=O) groups is 1. The molecule has 0 bridgehead atoms. The first-order chi connectivity index (χ1) is 12.5. The topological polar surface area (TPSA) is 76.6 Å². The molecule has 2 aromatic rings. The molecule has 1 aliphatic heterocycles. The Morgan fingerprint density at radius 1 is 1.12 bits per heavy atom. The molecule has 0 radical (unpaired) electrons. The molecule has 7 heteroatoms. The van der Waals surface area contributed by atoms with E-state index < -0.39 is 0 Å². The number of benzene rings is 1. The van der Waals surface area contributed by atoms with Crippen molar-refractivity contribution in [2.45, 2.75) is 32.9 Å². The van der Waals surface area contributed by atoms with Crippen LogP contribution in [0, 0.1) is 0 Å². The lowest BCUT2D eigenvalue weighted by Crippen LogP contribution is -2.33. The monoisotopic (exact) mass is 356 g/mol. The first-order valence-electron chi connectivity index (χ1n) is 8.63. The Labute approximate surface area is 153 Å². The summed E-state index contributed by atoms with van der Waals surface area (Å²) in [5.74, 6) is 2.02. The lowest BCUT2D eigenvalue weighted by molar-refractivity contribution is 0.0938. The normalized spacial score (nSPS) is 13.3. The standard InChI is InChI=1S/C19H24N4O3/c1-12(2)22-19(24)15-9-18(21-11-20-15)23-6-5-13-7-16(25-3)17(26-4)8-14(13)10-23/h7-9,11-12H,5-6,10H2,1-4H3,(H,22,24). The van der Waals surface area contributed by atoms with Crippen LogP contribution in [0.25, 0.3) is 0 Å². The Balaban J connectivity index is 1.83. The maximum Gasteiger partial charge on any atom is 0.270 e. The van der Waals surface area contributed by atoms with Crippen molar-refractivity contribution in [3.8, 4) is 11.5 Å². The van der Waals surface area contributed by atoms with Crippen LogP contribution in [0.3, 0.4) is 0 Å². The Morgan fingerprint density at radius 3 is 2.46 bits per heavy atom. The number of nitrogens with zero attached hydrogens (tertiary/aromatic N) is 3. The van der Waals surface area contributed by atoms with Crippen molar-refractivity contribution in [1.29, 1.82) is 0 Å². The maximum absolute atomic E-state index is 12.2. The molecule has 0 fully saturated rings. The van der Waals surface area contributed by atoms with E-state index >= 15 is 0 Å². The molecule has 0 atom stereocenters. The number of methoxy groups -OCH3 is 2. The quantitative estimate of drug-likeness (QED) is 0.885. The Kier molecular flexibility index (Phi) is 5.25. The summed E-state index contributed by atoms with van der Waals surface area (Å²) in [6, 6.07) is 5.84. The van der Waals surface area contributed by atoms with E-state index in [9.17, 15) is 4.79 Å². The number of hydrogen-bond donors (Lipinski definition) is 1. The van der Waals surface area contributed by atoms with Gasteiger partial charge in [-0.1, -0.05) is 0 Å². The number of carbonyl (C=O) groups excluding carboxylic acids is 1. The summed E-state index contributed by atoms with van der Waals surface area (Å²) in [5.41, 5.74) is 2.79. The van der Waals surface area contributed by atoms with Gasteiger partial charge in [0.25, 0.3) is 5.91 Å². The predicted octanol–water partition coefficient (Wildman–Crippen LogP) is 2.19. The van der Waals surface area contributed by atoms with E-state index in [1.54, 1.807) is 20.3 Å². The smallest absolute Gasteiger partial charge is 0.270 e. The van der Waals surface area contributed by atoms with Gasteiger partial charge in [0, 0.05) is 25.2 Å². The zero-order valence-electron chi connectivity index (χ0n) is 15.6. The second kappa shape index (κ2) is 7.59. The number of fused-ring (bicyclic) bond motifs is 1. The molecular weight excluding hydrogens is 332 g/mol. The van der Waals surface area contributed by atoms with Crippen molar-refractivity contribution in [2.75, 3.05) is 25.7 Å². The van der Waals surface area contributed by atoms with E-state index in [2.05, 4.69) is 20.2 Å². The molecule has 1 N–H and O–H groups in total. The molecule has 1 aliphatic rings. The number of nitrogens with one attached hydrogen (secondary N) is 1. The van der Waals surface area contributed by atoms with E-state index in [0.29, 0.717) is 18.0 Å². The first-order valence-corrected chi connectivity index (χ1v) is 8.63. The van der Waals surface area contributed by atoms with Crippen molar-refractivity contribution in [3.63, 3.8) is 0 Å². The van der Waals surface area contributed by atoms with Crippen molar-refractivity contribution in [2.24, 2.45) is 0 Å². The Morgan fingerprint density at radius 2 is 1.81 bits per heavy atom. The molecule has 26 heavy (non-hydrogen) atoms. The fraction of sp³-hybridized carbons (Fsp3) is 0.421. The number of aromatic nitrogens is 2. The van der Waals surface area contributed by atoms with E-state index in [0.717, 1.165) is 24.5 Å². The molecule has 3 rings (SSSR count). The molecule has 0 spiro atoms. The van der Waals surface area contributed by atoms with Crippen LogP contribution in [-0.2, 0) is 13.0 Å². The van der Waals surface area contributed by atoms with Gasteiger partial charge in [0.15, 0.2) is 11.5 Å². The zero-order valence-corrected chi connectivity index (χ0v) is 15.6. The third-order valence-electron chi connectivity index (χ3n) is 4.35. The van der Waals surface area contributed by atoms with Gasteiger partial charge in [-0.2, -0.15) is 0 Å². The number of anilines is 1. The highest BCUT2D eigenvalue weighted by molar-refractivity contribution is 5.93. The maximum atomic E-state index is 12.2. The van der Waals surface area contributed by atoms with Gasteiger partial charge in [0.1, 0.15) is 17.8 Å². The molecule has 1 aromatic heterocycles. The SMILES string of the molecule is COc1cc2c(cc1OC)CN(c1cc(C(=O)NC(C)C)ncn1)CC2. The minimum Gasteiger partial charge on any atom is -0.493 e. The van der Waals surface area contributed by atoms with Crippen molar-refractivity contribution < 1.29 is 14.3 Å². The van der Waals surface area contributed by atoms with Crippen LogP contribution in [0.1, 0.15) is 35.5 Å². The Bertz CT molecular complexity index is 807. The molecule has 2 heterocycles. The molecule has 0 saturated carbocycles. The average molecular weight is 356 g/mol. The Hall–Kier alpha value is -2.83. The minimum absolute atomic E-state index is 0.0604. The van der Waals surface area contributed by atoms with E-state index in [-0.39, 0.29) is 11.9 Å².